The summed E-state index contributed by atoms with van der Waals surface area (Å²) in [6, 6.07) is 16.0. The minimum atomic E-state index is -0.144. The Kier molecular flexibility index (Phi) is 3.46. The van der Waals surface area contributed by atoms with Crippen LogP contribution in [0.25, 0.3) is 6.08 Å². The van der Waals surface area contributed by atoms with Gasteiger partial charge in [-0.2, -0.15) is 0 Å². The topological polar surface area (TPSA) is 32.7 Å². The van der Waals surface area contributed by atoms with Crippen molar-refractivity contribution in [1.82, 2.24) is 0 Å². The van der Waals surface area contributed by atoms with Crippen LogP contribution in [0.2, 0.25) is 0 Å². The van der Waals surface area contributed by atoms with Crippen LogP contribution in [0.1, 0.15) is 35.3 Å². The van der Waals surface area contributed by atoms with Gasteiger partial charge in [-0.1, -0.05) is 62.4 Å². The Bertz CT molecular complexity index is 963. The van der Waals surface area contributed by atoms with Gasteiger partial charge in [0, 0.05) is 35.6 Å². The lowest BCUT2D eigenvalue weighted by Gasteiger charge is -2.23. The predicted octanol–water partition coefficient (Wildman–Crippen LogP) is 4.61. The van der Waals surface area contributed by atoms with Crippen molar-refractivity contribution in [2.24, 2.45) is 4.99 Å². The number of rotatable bonds is 1. The molecule has 0 aromatic heterocycles. The Balaban J connectivity index is 1.74. The number of nitrogens with zero attached hydrogens (tertiary/aromatic N) is 2. The monoisotopic (exact) mass is 328 g/mol. The summed E-state index contributed by atoms with van der Waals surface area (Å²) in [4.78, 5) is 19.4. The standard InChI is InChI=1S/C22H20N2O/c1-22(2)17-10-6-7-11-19(17)24(3)20(22)14-23-18-13-12-15-8-4-5-9-16(15)21(18)25/h4-14H,1-3H3/b20-14-,23-18?. The van der Waals surface area contributed by atoms with E-state index in [2.05, 4.69) is 41.9 Å². The summed E-state index contributed by atoms with van der Waals surface area (Å²) in [6.45, 7) is 4.38. The third-order valence-electron chi connectivity index (χ3n) is 5.13. The van der Waals surface area contributed by atoms with Gasteiger partial charge in [0.1, 0.15) is 5.71 Å². The molecule has 0 saturated heterocycles. The van der Waals surface area contributed by atoms with Crippen LogP contribution < -0.4 is 4.90 Å². The largest absolute Gasteiger partial charge is 0.346 e. The molecule has 1 heterocycles. The third-order valence-corrected chi connectivity index (χ3v) is 5.13. The van der Waals surface area contributed by atoms with Crippen LogP contribution in [0.4, 0.5) is 5.69 Å². The molecule has 2 aromatic carbocycles. The molecule has 0 unspecified atom stereocenters. The summed E-state index contributed by atoms with van der Waals surface area (Å²) in [5, 5.41) is 0. The second-order valence-electron chi connectivity index (χ2n) is 6.98. The number of para-hydroxylation sites is 1. The molecule has 0 spiro atoms. The molecule has 25 heavy (non-hydrogen) atoms. The number of Topliss-reactive ketones (excluding diaryl/α,β-unsaturated/α-hetero) is 1. The number of hydrogen-bond donors (Lipinski definition) is 0. The summed E-state index contributed by atoms with van der Waals surface area (Å²) in [5.41, 5.74) is 5.55. The maximum absolute atomic E-state index is 12.7. The molecule has 0 atom stereocenters. The van der Waals surface area contributed by atoms with Gasteiger partial charge in [-0.05, 0) is 23.3 Å². The second-order valence-corrected chi connectivity index (χ2v) is 6.98. The van der Waals surface area contributed by atoms with E-state index in [1.165, 1.54) is 11.3 Å². The minimum absolute atomic E-state index is 0.0223. The van der Waals surface area contributed by atoms with Gasteiger partial charge in [-0.25, -0.2) is 0 Å². The smallest absolute Gasteiger partial charge is 0.211 e. The minimum Gasteiger partial charge on any atom is -0.346 e. The fourth-order valence-electron chi connectivity index (χ4n) is 3.69. The van der Waals surface area contributed by atoms with Crippen LogP contribution in [0.15, 0.2) is 71.5 Å². The van der Waals surface area contributed by atoms with Crippen molar-refractivity contribution >= 4 is 23.3 Å². The Morgan fingerprint density at radius 1 is 1.00 bits per heavy atom. The van der Waals surface area contributed by atoms with E-state index >= 15 is 0 Å². The first-order valence-corrected chi connectivity index (χ1v) is 8.43. The molecule has 124 valence electrons. The highest BCUT2D eigenvalue weighted by atomic mass is 16.1. The number of anilines is 1. The molecule has 4 rings (SSSR count). The first-order valence-electron chi connectivity index (χ1n) is 8.43. The van der Waals surface area contributed by atoms with Crippen LogP contribution in [-0.2, 0) is 5.41 Å². The Morgan fingerprint density at radius 3 is 2.52 bits per heavy atom. The lowest BCUT2D eigenvalue weighted by Crippen LogP contribution is -2.23. The zero-order valence-corrected chi connectivity index (χ0v) is 14.7. The van der Waals surface area contributed by atoms with Crippen molar-refractivity contribution in [1.29, 1.82) is 0 Å². The molecule has 0 saturated carbocycles. The van der Waals surface area contributed by atoms with E-state index in [-0.39, 0.29) is 11.2 Å². The van der Waals surface area contributed by atoms with Crippen LogP contribution in [0.3, 0.4) is 0 Å². The Hall–Kier alpha value is -2.94. The molecule has 3 nitrogen and oxygen atoms in total. The van der Waals surface area contributed by atoms with Gasteiger partial charge < -0.3 is 4.90 Å². The molecule has 0 amide bonds. The highest BCUT2D eigenvalue weighted by Crippen LogP contribution is 2.46. The van der Waals surface area contributed by atoms with E-state index in [0.29, 0.717) is 11.3 Å². The highest BCUT2D eigenvalue weighted by molar-refractivity contribution is 6.52. The van der Waals surface area contributed by atoms with Crippen LogP contribution in [0, 0.1) is 0 Å². The summed E-state index contributed by atoms with van der Waals surface area (Å²) in [6.07, 6.45) is 5.59. The lowest BCUT2D eigenvalue weighted by atomic mass is 9.84. The van der Waals surface area contributed by atoms with Crippen molar-refractivity contribution < 1.29 is 4.79 Å². The normalized spacial score (nSPS) is 20.9. The number of allylic oxidation sites excluding steroid dienone is 2. The van der Waals surface area contributed by atoms with Crippen molar-refractivity contribution in [3.05, 3.63) is 83.2 Å². The van der Waals surface area contributed by atoms with Gasteiger partial charge in [0.15, 0.2) is 0 Å². The highest BCUT2D eigenvalue weighted by Gasteiger charge is 2.38. The number of likely N-dealkylation sites (N-methyl/N-ethyl adjacent to an activating group) is 1. The molecular weight excluding hydrogens is 308 g/mol. The van der Waals surface area contributed by atoms with E-state index in [1.54, 1.807) is 6.08 Å². The van der Waals surface area contributed by atoms with Gasteiger partial charge in [0.2, 0.25) is 5.78 Å². The Labute approximate surface area is 148 Å². The Morgan fingerprint density at radius 2 is 1.72 bits per heavy atom. The number of ketones is 1. The van der Waals surface area contributed by atoms with Crippen LogP contribution in [0.5, 0.6) is 0 Å². The molecule has 2 aromatic rings. The van der Waals surface area contributed by atoms with E-state index in [0.717, 1.165) is 11.3 Å². The molecule has 2 aliphatic rings. The molecule has 1 aliphatic heterocycles. The SMILES string of the molecule is CN1/C(=C\N=C2C=Cc3ccccc3C2=O)C(C)(C)c2ccccc21. The van der Waals surface area contributed by atoms with E-state index in [4.69, 9.17) is 0 Å². The van der Waals surface area contributed by atoms with Gasteiger partial charge in [0.25, 0.3) is 0 Å². The predicted molar refractivity (Wildman–Crippen MR) is 103 cm³/mol. The van der Waals surface area contributed by atoms with E-state index in [1.807, 2.05) is 49.7 Å². The van der Waals surface area contributed by atoms with Gasteiger partial charge in [0.05, 0.1) is 0 Å². The number of hydrogen-bond acceptors (Lipinski definition) is 3. The van der Waals surface area contributed by atoms with Gasteiger partial charge in [-0.3, -0.25) is 9.79 Å². The van der Waals surface area contributed by atoms with Crippen LogP contribution >= 0.6 is 0 Å². The zero-order valence-electron chi connectivity index (χ0n) is 14.7. The van der Waals surface area contributed by atoms with E-state index in [9.17, 15) is 4.79 Å². The number of benzene rings is 2. The van der Waals surface area contributed by atoms with Crippen molar-refractivity contribution in [3.8, 4) is 0 Å². The molecule has 0 fully saturated rings. The molecule has 3 heteroatoms. The molecular formula is C22H20N2O. The van der Waals surface area contributed by atoms with Gasteiger partial charge in [-0.15, -0.1) is 0 Å². The maximum Gasteiger partial charge on any atom is 0.211 e. The van der Waals surface area contributed by atoms with Crippen molar-refractivity contribution in [3.63, 3.8) is 0 Å². The quantitative estimate of drug-likeness (QED) is 0.766. The molecule has 0 N–H and O–H groups in total. The number of aliphatic imine (C=N–C) groups is 1. The summed E-state index contributed by atoms with van der Waals surface area (Å²) in [5.74, 6) is -0.0223. The van der Waals surface area contributed by atoms with Gasteiger partial charge >= 0.3 is 0 Å². The number of fused-ring (bicyclic) bond motifs is 2. The molecule has 0 radical (unpaired) electrons. The summed E-state index contributed by atoms with van der Waals surface area (Å²) in [7, 11) is 2.05. The summed E-state index contributed by atoms with van der Waals surface area (Å²) < 4.78 is 0. The fourth-order valence-corrected chi connectivity index (χ4v) is 3.69. The first-order chi connectivity index (χ1) is 12.0. The first kappa shape index (κ1) is 15.6. The number of carbonyl (C=O) groups excluding carboxylic acids is 1. The zero-order chi connectivity index (χ0) is 17.6. The average Bonchev–Trinajstić information content (AvgIpc) is 2.82. The third kappa shape index (κ3) is 2.35. The van der Waals surface area contributed by atoms with Crippen LogP contribution in [-0.4, -0.2) is 18.5 Å². The maximum atomic E-state index is 12.7. The molecule has 0 bridgehead atoms. The number of carbonyl (C=O) groups is 1. The van der Waals surface area contributed by atoms with E-state index < -0.39 is 0 Å². The summed E-state index contributed by atoms with van der Waals surface area (Å²) >= 11 is 0. The van der Waals surface area contributed by atoms with Crippen molar-refractivity contribution in [2.45, 2.75) is 19.3 Å². The van der Waals surface area contributed by atoms with Crippen molar-refractivity contribution in [2.75, 3.05) is 11.9 Å². The second kappa shape index (κ2) is 5.55. The average molecular weight is 328 g/mol. The lowest BCUT2D eigenvalue weighted by molar-refractivity contribution is 0.106. The fraction of sp³-hybridized carbons (Fsp3) is 0.182. The molecule has 1 aliphatic carbocycles.